The normalized spacial score (nSPS) is 10.5. The lowest BCUT2D eigenvalue weighted by molar-refractivity contribution is -0.113. The lowest BCUT2D eigenvalue weighted by Crippen LogP contribution is -2.15. The van der Waals surface area contributed by atoms with Crippen LogP contribution >= 0.6 is 23.4 Å². The van der Waals surface area contributed by atoms with E-state index < -0.39 is 0 Å². The molecule has 1 amide bonds. The van der Waals surface area contributed by atoms with E-state index >= 15 is 0 Å². The first-order valence-corrected chi connectivity index (χ1v) is 7.27. The number of halogens is 1. The summed E-state index contributed by atoms with van der Waals surface area (Å²) in [5.41, 5.74) is 0.611. The Hall–Kier alpha value is -0.870. The highest BCUT2D eigenvalue weighted by Crippen LogP contribution is 2.27. The van der Waals surface area contributed by atoms with Gasteiger partial charge in [0.1, 0.15) is 5.75 Å². The van der Waals surface area contributed by atoms with Gasteiger partial charge in [-0.25, -0.2) is 0 Å². The standard InChI is InChI=1S/C13H18ClNO2S/c1-9(2)7-18-8-13(16)15-11-6-10(14)4-5-12(11)17-3/h4-6,9H,7-8H2,1-3H3,(H,15,16). The lowest BCUT2D eigenvalue weighted by atomic mass is 10.3. The molecule has 3 nitrogen and oxygen atoms in total. The summed E-state index contributed by atoms with van der Waals surface area (Å²) < 4.78 is 5.16. The predicted octanol–water partition coefficient (Wildman–Crippen LogP) is 3.68. The molecule has 18 heavy (non-hydrogen) atoms. The van der Waals surface area contributed by atoms with Crippen molar-refractivity contribution in [1.29, 1.82) is 0 Å². The van der Waals surface area contributed by atoms with E-state index in [0.29, 0.717) is 28.1 Å². The third-order valence-corrected chi connectivity index (χ3v) is 3.72. The van der Waals surface area contributed by atoms with Crippen LogP contribution in [0.3, 0.4) is 0 Å². The minimum Gasteiger partial charge on any atom is -0.495 e. The molecule has 0 saturated heterocycles. The van der Waals surface area contributed by atoms with Crippen LogP contribution < -0.4 is 10.1 Å². The summed E-state index contributed by atoms with van der Waals surface area (Å²) in [5, 5.41) is 3.38. The minimum atomic E-state index is -0.0405. The van der Waals surface area contributed by atoms with Crippen molar-refractivity contribution in [3.8, 4) is 5.75 Å². The summed E-state index contributed by atoms with van der Waals surface area (Å²) in [6.45, 7) is 4.26. The summed E-state index contributed by atoms with van der Waals surface area (Å²) in [7, 11) is 1.56. The van der Waals surface area contributed by atoms with Gasteiger partial charge in [-0.1, -0.05) is 25.4 Å². The molecule has 0 aliphatic heterocycles. The van der Waals surface area contributed by atoms with Crippen molar-refractivity contribution in [2.45, 2.75) is 13.8 Å². The van der Waals surface area contributed by atoms with Gasteiger partial charge in [0.2, 0.25) is 5.91 Å². The summed E-state index contributed by atoms with van der Waals surface area (Å²) in [6.07, 6.45) is 0. The van der Waals surface area contributed by atoms with Gasteiger partial charge in [-0.3, -0.25) is 4.79 Å². The third-order valence-electron chi connectivity index (χ3n) is 2.12. The molecule has 0 saturated carbocycles. The molecule has 0 fully saturated rings. The van der Waals surface area contributed by atoms with Crippen molar-refractivity contribution in [1.82, 2.24) is 0 Å². The number of thioether (sulfide) groups is 1. The molecule has 1 N–H and O–H groups in total. The van der Waals surface area contributed by atoms with Gasteiger partial charge < -0.3 is 10.1 Å². The molecular formula is C13H18ClNO2S. The van der Waals surface area contributed by atoms with Crippen molar-refractivity contribution in [3.05, 3.63) is 23.2 Å². The zero-order valence-electron chi connectivity index (χ0n) is 10.8. The summed E-state index contributed by atoms with van der Waals surface area (Å²) in [6, 6.07) is 5.15. The number of nitrogens with one attached hydrogen (secondary N) is 1. The number of benzene rings is 1. The molecule has 0 heterocycles. The molecule has 0 spiro atoms. The van der Waals surface area contributed by atoms with Crippen molar-refractivity contribution < 1.29 is 9.53 Å². The number of rotatable bonds is 6. The second kappa shape index (κ2) is 7.54. The fourth-order valence-electron chi connectivity index (χ4n) is 1.35. The largest absolute Gasteiger partial charge is 0.495 e. The first-order chi connectivity index (χ1) is 8.52. The van der Waals surface area contributed by atoms with Gasteiger partial charge in [-0.2, -0.15) is 11.8 Å². The van der Waals surface area contributed by atoms with Crippen LogP contribution in [-0.2, 0) is 4.79 Å². The van der Waals surface area contributed by atoms with Gasteiger partial charge in [0, 0.05) is 5.02 Å². The Labute approximate surface area is 117 Å². The Morgan fingerprint density at radius 3 is 2.83 bits per heavy atom. The maximum atomic E-state index is 11.7. The highest BCUT2D eigenvalue weighted by Gasteiger charge is 2.08. The molecule has 100 valence electrons. The summed E-state index contributed by atoms with van der Waals surface area (Å²) in [5.74, 6) is 2.57. The quantitative estimate of drug-likeness (QED) is 0.867. The number of anilines is 1. The highest BCUT2D eigenvalue weighted by molar-refractivity contribution is 7.99. The van der Waals surface area contributed by atoms with E-state index in [1.807, 2.05) is 0 Å². The van der Waals surface area contributed by atoms with Crippen LogP contribution in [0.1, 0.15) is 13.8 Å². The second-order valence-corrected chi connectivity index (χ2v) is 5.77. The van der Waals surface area contributed by atoms with Gasteiger partial charge in [-0.05, 0) is 29.9 Å². The van der Waals surface area contributed by atoms with Gasteiger partial charge in [0.25, 0.3) is 0 Å². The van der Waals surface area contributed by atoms with E-state index in [1.165, 1.54) is 0 Å². The average Bonchev–Trinajstić information content (AvgIpc) is 2.28. The molecule has 1 aromatic carbocycles. The number of amides is 1. The Morgan fingerprint density at radius 1 is 1.50 bits per heavy atom. The number of carbonyl (C=O) groups is 1. The van der Waals surface area contributed by atoms with Crippen molar-refractivity contribution >= 4 is 35.0 Å². The molecule has 0 bridgehead atoms. The van der Waals surface area contributed by atoms with Gasteiger partial charge >= 0.3 is 0 Å². The maximum Gasteiger partial charge on any atom is 0.234 e. The monoisotopic (exact) mass is 287 g/mol. The number of ether oxygens (including phenoxy) is 1. The van der Waals surface area contributed by atoms with E-state index in [-0.39, 0.29) is 5.91 Å². The molecule has 0 aliphatic carbocycles. The molecule has 5 heteroatoms. The molecule has 0 radical (unpaired) electrons. The predicted molar refractivity (Wildman–Crippen MR) is 78.8 cm³/mol. The zero-order chi connectivity index (χ0) is 13.5. The Kier molecular flexibility index (Phi) is 6.36. The van der Waals surface area contributed by atoms with E-state index in [2.05, 4.69) is 19.2 Å². The molecule has 0 unspecified atom stereocenters. The van der Waals surface area contributed by atoms with E-state index in [0.717, 1.165) is 5.75 Å². The Bertz CT molecular complexity index is 410. The molecule has 0 atom stereocenters. The van der Waals surface area contributed by atoms with E-state index in [4.69, 9.17) is 16.3 Å². The average molecular weight is 288 g/mol. The Morgan fingerprint density at radius 2 is 2.22 bits per heavy atom. The fraction of sp³-hybridized carbons (Fsp3) is 0.462. The van der Waals surface area contributed by atoms with Crippen LogP contribution in [-0.4, -0.2) is 24.5 Å². The first kappa shape index (κ1) is 15.2. The van der Waals surface area contributed by atoms with Crippen LogP contribution in [0, 0.1) is 5.92 Å². The van der Waals surface area contributed by atoms with E-state index in [1.54, 1.807) is 37.1 Å². The van der Waals surface area contributed by atoms with Crippen LogP contribution in [0.4, 0.5) is 5.69 Å². The zero-order valence-corrected chi connectivity index (χ0v) is 12.4. The van der Waals surface area contributed by atoms with Crippen LogP contribution in [0.25, 0.3) is 0 Å². The van der Waals surface area contributed by atoms with Crippen LogP contribution in [0.15, 0.2) is 18.2 Å². The van der Waals surface area contributed by atoms with Crippen molar-refractivity contribution in [3.63, 3.8) is 0 Å². The number of carbonyl (C=O) groups excluding carboxylic acids is 1. The SMILES string of the molecule is COc1ccc(Cl)cc1NC(=O)CSCC(C)C. The lowest BCUT2D eigenvalue weighted by Gasteiger charge is -2.10. The second-order valence-electron chi connectivity index (χ2n) is 4.30. The van der Waals surface area contributed by atoms with Gasteiger partial charge in [0.05, 0.1) is 18.6 Å². The highest BCUT2D eigenvalue weighted by atomic mass is 35.5. The van der Waals surface area contributed by atoms with Crippen molar-refractivity contribution in [2.24, 2.45) is 5.92 Å². The topological polar surface area (TPSA) is 38.3 Å². The first-order valence-electron chi connectivity index (χ1n) is 5.74. The molecule has 0 aromatic heterocycles. The maximum absolute atomic E-state index is 11.7. The smallest absolute Gasteiger partial charge is 0.234 e. The molecule has 1 aromatic rings. The van der Waals surface area contributed by atoms with Gasteiger partial charge in [-0.15, -0.1) is 0 Å². The van der Waals surface area contributed by atoms with Crippen molar-refractivity contribution in [2.75, 3.05) is 23.9 Å². The molecular weight excluding hydrogens is 270 g/mol. The third kappa shape index (κ3) is 5.19. The van der Waals surface area contributed by atoms with Crippen LogP contribution in [0.5, 0.6) is 5.75 Å². The van der Waals surface area contributed by atoms with Gasteiger partial charge in [0.15, 0.2) is 0 Å². The van der Waals surface area contributed by atoms with Crippen LogP contribution in [0.2, 0.25) is 5.02 Å². The number of methoxy groups -OCH3 is 1. The summed E-state index contributed by atoms with van der Waals surface area (Å²) in [4.78, 5) is 11.7. The Balaban J connectivity index is 2.55. The minimum absolute atomic E-state index is 0.0405. The molecule has 0 aliphatic rings. The number of hydrogen-bond donors (Lipinski definition) is 1. The number of hydrogen-bond acceptors (Lipinski definition) is 3. The molecule has 1 rings (SSSR count). The fourth-order valence-corrected chi connectivity index (χ4v) is 2.37. The summed E-state index contributed by atoms with van der Waals surface area (Å²) >= 11 is 7.51. The van der Waals surface area contributed by atoms with E-state index in [9.17, 15) is 4.79 Å².